The fraction of sp³-hybridized carbons (Fsp3) is 0.280. The number of aliphatic hydroxyl groups excluding tert-OH is 1. The third-order valence-electron chi connectivity index (χ3n) is 6.21. The van der Waals surface area contributed by atoms with Crippen molar-refractivity contribution in [2.75, 3.05) is 44.2 Å². The number of halogens is 1. The molecule has 8 nitrogen and oxygen atoms in total. The summed E-state index contributed by atoms with van der Waals surface area (Å²) in [6, 6.07) is 14.3. The summed E-state index contributed by atoms with van der Waals surface area (Å²) in [6.45, 7) is 3.27. The minimum absolute atomic E-state index is 0.0121. The van der Waals surface area contributed by atoms with E-state index in [1.54, 1.807) is 24.3 Å². The van der Waals surface area contributed by atoms with Gasteiger partial charge >= 0.3 is 0 Å². The highest BCUT2D eigenvalue weighted by Crippen LogP contribution is 2.23. The Hall–Kier alpha value is -3.33. The molecule has 1 saturated heterocycles. The number of benzene rings is 2. The number of rotatable bonds is 6. The molecule has 3 aromatic rings. The van der Waals surface area contributed by atoms with Crippen molar-refractivity contribution in [3.05, 3.63) is 77.1 Å². The lowest BCUT2D eigenvalue weighted by Gasteiger charge is -2.35. The van der Waals surface area contributed by atoms with Gasteiger partial charge in [-0.1, -0.05) is 35.9 Å². The van der Waals surface area contributed by atoms with E-state index in [0.29, 0.717) is 28.6 Å². The minimum atomic E-state index is -0.816. The van der Waals surface area contributed by atoms with Crippen LogP contribution in [0.1, 0.15) is 20.7 Å². The summed E-state index contributed by atoms with van der Waals surface area (Å²) in [7, 11) is 0. The van der Waals surface area contributed by atoms with E-state index in [9.17, 15) is 14.7 Å². The third kappa shape index (κ3) is 4.52. The molecule has 2 aliphatic heterocycles. The van der Waals surface area contributed by atoms with Crippen LogP contribution in [0.25, 0.3) is 11.1 Å². The van der Waals surface area contributed by atoms with Crippen molar-refractivity contribution in [3.63, 3.8) is 0 Å². The van der Waals surface area contributed by atoms with E-state index < -0.39 is 6.10 Å². The van der Waals surface area contributed by atoms with E-state index in [2.05, 4.69) is 19.8 Å². The smallest absolute Gasteiger partial charge is 0.261 e. The number of fused-ring (bicyclic) bond motifs is 1. The Bertz CT molecular complexity index is 1160. The number of hydrogen-bond acceptors (Lipinski definition) is 7. The number of β-amino-alcohol motifs (C(OH)–C–C–N with tert-alkyl or cyclic N) is 1. The summed E-state index contributed by atoms with van der Waals surface area (Å²) in [5, 5.41) is 11.3. The largest absolute Gasteiger partial charge is 0.390 e. The highest BCUT2D eigenvalue weighted by atomic mass is 35.5. The molecular weight excluding hydrogens is 454 g/mol. The van der Waals surface area contributed by atoms with Gasteiger partial charge in [0.05, 0.1) is 23.8 Å². The van der Waals surface area contributed by atoms with Gasteiger partial charge in [-0.25, -0.2) is 9.97 Å². The van der Waals surface area contributed by atoms with Gasteiger partial charge < -0.3 is 10.0 Å². The van der Waals surface area contributed by atoms with Crippen molar-refractivity contribution in [1.82, 2.24) is 19.8 Å². The summed E-state index contributed by atoms with van der Waals surface area (Å²) in [5.41, 5.74) is 2.73. The molecule has 34 heavy (non-hydrogen) atoms. The highest BCUT2D eigenvalue weighted by Gasteiger charge is 2.36. The van der Waals surface area contributed by atoms with Gasteiger partial charge in [0.2, 0.25) is 5.95 Å². The Kier molecular flexibility index (Phi) is 6.28. The minimum Gasteiger partial charge on any atom is -0.390 e. The molecule has 5 rings (SSSR count). The van der Waals surface area contributed by atoms with Crippen LogP contribution in [0.3, 0.4) is 0 Å². The van der Waals surface area contributed by atoms with E-state index in [1.165, 1.54) is 0 Å². The number of amides is 2. The van der Waals surface area contributed by atoms with Gasteiger partial charge in [0.15, 0.2) is 0 Å². The van der Waals surface area contributed by atoms with Crippen molar-refractivity contribution < 1.29 is 14.7 Å². The quantitative estimate of drug-likeness (QED) is 0.546. The topological polar surface area (TPSA) is 89.9 Å². The Morgan fingerprint density at radius 3 is 2.00 bits per heavy atom. The number of imide groups is 1. The average molecular weight is 478 g/mol. The van der Waals surface area contributed by atoms with Gasteiger partial charge in [-0.05, 0) is 29.8 Å². The molecule has 1 fully saturated rings. The van der Waals surface area contributed by atoms with Crippen molar-refractivity contribution in [1.29, 1.82) is 0 Å². The Labute approximate surface area is 202 Å². The van der Waals surface area contributed by atoms with Gasteiger partial charge in [0, 0.05) is 55.7 Å². The zero-order chi connectivity index (χ0) is 23.7. The number of nitrogens with zero attached hydrogens (tertiary/aromatic N) is 5. The van der Waals surface area contributed by atoms with Crippen molar-refractivity contribution >= 4 is 29.4 Å². The first-order valence-corrected chi connectivity index (χ1v) is 11.6. The maximum atomic E-state index is 12.5. The zero-order valence-electron chi connectivity index (χ0n) is 18.5. The van der Waals surface area contributed by atoms with Crippen LogP contribution in [0.2, 0.25) is 5.02 Å². The van der Waals surface area contributed by atoms with Crippen molar-refractivity contribution in [3.8, 4) is 11.1 Å². The van der Waals surface area contributed by atoms with E-state index in [-0.39, 0.29) is 18.4 Å². The molecule has 3 heterocycles. The van der Waals surface area contributed by atoms with Gasteiger partial charge in [-0.2, -0.15) is 0 Å². The molecule has 1 N–H and O–H groups in total. The van der Waals surface area contributed by atoms with Crippen molar-refractivity contribution in [2.24, 2.45) is 0 Å². The van der Waals surface area contributed by atoms with Crippen LogP contribution in [0.5, 0.6) is 0 Å². The standard InChI is InChI=1S/C25H24ClN5O3/c26-19-7-5-17(6-8-19)18-13-27-25(28-14-18)30-11-9-29(10-12-30)15-20(32)16-31-23(33)21-3-1-2-4-22(21)24(31)34/h1-8,13-14,20,32H,9-12,15-16H2. The molecule has 174 valence electrons. The maximum Gasteiger partial charge on any atom is 0.261 e. The number of hydrogen-bond donors (Lipinski definition) is 1. The molecule has 0 bridgehead atoms. The molecule has 9 heteroatoms. The van der Waals surface area contributed by atoms with Crippen LogP contribution < -0.4 is 4.90 Å². The zero-order valence-corrected chi connectivity index (χ0v) is 19.2. The number of carbonyl (C=O) groups is 2. The molecule has 2 amide bonds. The lowest BCUT2D eigenvalue weighted by Crippen LogP contribution is -2.50. The van der Waals surface area contributed by atoms with E-state index >= 15 is 0 Å². The predicted molar refractivity (Wildman–Crippen MR) is 129 cm³/mol. The summed E-state index contributed by atoms with van der Waals surface area (Å²) in [6.07, 6.45) is 2.80. The molecule has 1 unspecified atom stereocenters. The predicted octanol–water partition coefficient (Wildman–Crippen LogP) is 2.58. The van der Waals surface area contributed by atoms with Gasteiger partial charge in [-0.3, -0.25) is 19.4 Å². The lowest BCUT2D eigenvalue weighted by atomic mass is 10.1. The van der Waals surface area contributed by atoms with Gasteiger partial charge in [0.25, 0.3) is 11.8 Å². The number of aromatic nitrogens is 2. The highest BCUT2D eigenvalue weighted by molar-refractivity contribution is 6.30. The van der Waals surface area contributed by atoms with Crippen LogP contribution in [0.4, 0.5) is 5.95 Å². The maximum absolute atomic E-state index is 12.5. The van der Waals surface area contributed by atoms with E-state index in [4.69, 9.17) is 11.6 Å². The average Bonchev–Trinajstić information content (AvgIpc) is 3.10. The number of piperazine rings is 1. The first-order chi connectivity index (χ1) is 16.5. The fourth-order valence-electron chi connectivity index (χ4n) is 4.38. The van der Waals surface area contributed by atoms with E-state index in [1.807, 2.05) is 36.7 Å². The first kappa shape index (κ1) is 22.5. The molecule has 1 aromatic heterocycles. The first-order valence-electron chi connectivity index (χ1n) is 11.2. The summed E-state index contributed by atoms with van der Waals surface area (Å²) in [4.78, 5) is 39.5. The molecule has 1 atom stereocenters. The fourth-order valence-corrected chi connectivity index (χ4v) is 4.50. The third-order valence-corrected chi connectivity index (χ3v) is 6.46. The van der Waals surface area contributed by atoms with Gasteiger partial charge in [0.1, 0.15) is 0 Å². The monoisotopic (exact) mass is 477 g/mol. The SMILES string of the molecule is O=C1c2ccccc2C(=O)N1CC(O)CN1CCN(c2ncc(-c3ccc(Cl)cc3)cn2)CC1. The molecule has 2 aliphatic rings. The summed E-state index contributed by atoms with van der Waals surface area (Å²) in [5.74, 6) is -0.0173. The Balaban J connectivity index is 1.13. The Morgan fingerprint density at radius 2 is 1.41 bits per heavy atom. The molecule has 0 saturated carbocycles. The molecule has 2 aromatic carbocycles. The number of aliphatic hydroxyl groups is 1. The molecule has 0 radical (unpaired) electrons. The second-order valence-electron chi connectivity index (χ2n) is 8.49. The Morgan fingerprint density at radius 1 is 0.824 bits per heavy atom. The second kappa shape index (κ2) is 9.50. The van der Waals surface area contributed by atoms with Gasteiger partial charge in [-0.15, -0.1) is 0 Å². The van der Waals surface area contributed by atoms with Crippen LogP contribution >= 0.6 is 11.6 Å². The lowest BCUT2D eigenvalue weighted by molar-refractivity contribution is 0.0469. The molecular formula is C25H24ClN5O3. The molecule has 0 aliphatic carbocycles. The van der Waals surface area contributed by atoms with Crippen LogP contribution in [0, 0.1) is 0 Å². The number of carbonyl (C=O) groups excluding carboxylic acids is 2. The van der Waals surface area contributed by atoms with Crippen LogP contribution in [0.15, 0.2) is 60.9 Å². The van der Waals surface area contributed by atoms with Crippen LogP contribution in [-0.2, 0) is 0 Å². The second-order valence-corrected chi connectivity index (χ2v) is 8.92. The summed E-state index contributed by atoms with van der Waals surface area (Å²) >= 11 is 5.95. The summed E-state index contributed by atoms with van der Waals surface area (Å²) < 4.78 is 0. The van der Waals surface area contributed by atoms with E-state index in [0.717, 1.165) is 42.2 Å². The number of anilines is 1. The molecule has 0 spiro atoms. The van der Waals surface area contributed by atoms with Crippen LogP contribution in [-0.4, -0.2) is 82.1 Å². The normalized spacial score (nSPS) is 17.2. The van der Waals surface area contributed by atoms with Crippen molar-refractivity contribution in [2.45, 2.75) is 6.10 Å².